The second kappa shape index (κ2) is 12.9. The van der Waals surface area contributed by atoms with E-state index < -0.39 is 11.8 Å². The van der Waals surface area contributed by atoms with Crippen molar-refractivity contribution in [3.63, 3.8) is 0 Å². The molecule has 0 fully saturated rings. The number of halogens is 2. The van der Waals surface area contributed by atoms with Crippen LogP contribution in [0.1, 0.15) is 11.1 Å². The van der Waals surface area contributed by atoms with Gasteiger partial charge in [-0.05, 0) is 77.0 Å². The zero-order chi connectivity index (χ0) is 26.1. The number of para-hydroxylation sites is 1. The number of amides is 3. The van der Waals surface area contributed by atoms with Crippen molar-refractivity contribution in [2.45, 2.75) is 6.92 Å². The third kappa shape index (κ3) is 7.68. The summed E-state index contributed by atoms with van der Waals surface area (Å²) in [6.07, 6.45) is 1.35. The maximum absolute atomic E-state index is 12.3. The highest BCUT2D eigenvalue weighted by Gasteiger charge is 2.15. The van der Waals surface area contributed by atoms with Gasteiger partial charge < -0.3 is 20.1 Å². The lowest BCUT2D eigenvalue weighted by molar-refractivity contribution is -0.136. The molecule has 0 aromatic heterocycles. The monoisotopic (exact) mass is 620 g/mol. The van der Waals surface area contributed by atoms with Gasteiger partial charge in [-0.1, -0.05) is 35.9 Å². The van der Waals surface area contributed by atoms with Gasteiger partial charge in [-0.15, -0.1) is 0 Å². The van der Waals surface area contributed by atoms with Gasteiger partial charge in [0.1, 0.15) is 0 Å². The van der Waals surface area contributed by atoms with E-state index in [1.165, 1.54) is 19.4 Å². The normalized spacial score (nSPS) is 10.6. The first-order valence-corrected chi connectivity index (χ1v) is 12.0. The highest BCUT2D eigenvalue weighted by atomic mass is 127. The van der Waals surface area contributed by atoms with Gasteiger partial charge in [-0.3, -0.25) is 14.4 Å². The Morgan fingerprint density at radius 3 is 2.53 bits per heavy atom. The predicted molar refractivity (Wildman–Crippen MR) is 147 cm³/mol. The fraction of sp³-hybridized carbons (Fsp3) is 0.120. The van der Waals surface area contributed by atoms with Crippen LogP contribution in [0.3, 0.4) is 0 Å². The van der Waals surface area contributed by atoms with Crippen LogP contribution < -0.4 is 25.5 Å². The van der Waals surface area contributed by atoms with Crippen molar-refractivity contribution >= 4 is 69.5 Å². The number of ether oxygens (including phenoxy) is 2. The molecule has 0 radical (unpaired) electrons. The third-order valence-electron chi connectivity index (χ3n) is 4.69. The van der Waals surface area contributed by atoms with E-state index in [1.807, 2.05) is 53.8 Å². The Bertz CT molecular complexity index is 1320. The molecule has 3 aromatic carbocycles. The van der Waals surface area contributed by atoms with Gasteiger partial charge >= 0.3 is 11.8 Å². The molecule has 3 rings (SSSR count). The van der Waals surface area contributed by atoms with Crippen LogP contribution in [0, 0.1) is 10.5 Å². The second-order valence-corrected chi connectivity index (χ2v) is 8.95. The van der Waals surface area contributed by atoms with Gasteiger partial charge in [0, 0.05) is 16.4 Å². The molecule has 11 heteroatoms. The van der Waals surface area contributed by atoms with E-state index >= 15 is 0 Å². The van der Waals surface area contributed by atoms with Crippen LogP contribution in [0.4, 0.5) is 11.4 Å². The number of nitrogens with one attached hydrogen (secondary N) is 3. The zero-order valence-corrected chi connectivity index (χ0v) is 22.2. The van der Waals surface area contributed by atoms with Crippen molar-refractivity contribution in [3.8, 4) is 11.5 Å². The number of carbonyl (C=O) groups is 3. The van der Waals surface area contributed by atoms with Crippen LogP contribution in [0.25, 0.3) is 0 Å². The number of benzene rings is 3. The minimum atomic E-state index is -0.951. The molecule has 0 spiro atoms. The molecule has 36 heavy (non-hydrogen) atoms. The molecule has 3 aromatic rings. The first-order valence-electron chi connectivity index (χ1n) is 10.5. The number of hydrazone groups is 1. The topological polar surface area (TPSA) is 118 Å². The standard InChI is InChI=1S/C25H22ClIN4O5/c1-15-6-3-4-9-20(15)30-22(32)14-36-23-19(27)10-16(11-21(23)35-2)13-28-31-25(34)24(33)29-18-8-5-7-17(26)12-18/h3-13H,14H2,1-2H3,(H,29,33)(H,30,32)(H,31,34)/b28-13-. The van der Waals surface area contributed by atoms with E-state index in [-0.39, 0.29) is 12.5 Å². The van der Waals surface area contributed by atoms with E-state index in [4.69, 9.17) is 21.1 Å². The van der Waals surface area contributed by atoms with Gasteiger partial charge in [0.25, 0.3) is 5.91 Å². The highest BCUT2D eigenvalue weighted by Crippen LogP contribution is 2.33. The van der Waals surface area contributed by atoms with Crippen LogP contribution in [-0.2, 0) is 14.4 Å². The molecule has 0 saturated heterocycles. The van der Waals surface area contributed by atoms with Gasteiger partial charge in [0.15, 0.2) is 18.1 Å². The van der Waals surface area contributed by atoms with Crippen LogP contribution in [-0.4, -0.2) is 37.7 Å². The zero-order valence-electron chi connectivity index (χ0n) is 19.3. The minimum absolute atomic E-state index is 0.216. The molecule has 0 bridgehead atoms. The number of aryl methyl sites for hydroxylation is 1. The molecule has 9 nitrogen and oxygen atoms in total. The number of hydrogen-bond acceptors (Lipinski definition) is 6. The van der Waals surface area contributed by atoms with Crippen LogP contribution >= 0.6 is 34.2 Å². The Balaban J connectivity index is 1.59. The third-order valence-corrected chi connectivity index (χ3v) is 5.72. The van der Waals surface area contributed by atoms with Gasteiger partial charge in [0.2, 0.25) is 0 Å². The second-order valence-electron chi connectivity index (χ2n) is 7.35. The van der Waals surface area contributed by atoms with E-state index in [9.17, 15) is 14.4 Å². The number of methoxy groups -OCH3 is 1. The van der Waals surface area contributed by atoms with Crippen LogP contribution in [0.2, 0.25) is 5.02 Å². The van der Waals surface area contributed by atoms with E-state index in [0.717, 1.165) is 5.56 Å². The fourth-order valence-corrected chi connectivity index (χ4v) is 3.93. The summed E-state index contributed by atoms with van der Waals surface area (Å²) in [6, 6.07) is 17.2. The summed E-state index contributed by atoms with van der Waals surface area (Å²) in [5.74, 6) is -1.40. The molecule has 186 valence electrons. The summed E-state index contributed by atoms with van der Waals surface area (Å²) >= 11 is 7.91. The molecule has 3 amide bonds. The summed E-state index contributed by atoms with van der Waals surface area (Å²) in [5, 5.41) is 9.48. The molecular weight excluding hydrogens is 599 g/mol. The molecule has 0 aliphatic rings. The molecule has 0 aliphatic heterocycles. The maximum atomic E-state index is 12.3. The van der Waals surface area contributed by atoms with Gasteiger partial charge in [-0.25, -0.2) is 5.43 Å². The van der Waals surface area contributed by atoms with E-state index in [2.05, 4.69) is 21.2 Å². The van der Waals surface area contributed by atoms with Crippen molar-refractivity contribution in [1.29, 1.82) is 0 Å². The first-order chi connectivity index (χ1) is 17.3. The van der Waals surface area contributed by atoms with Crippen LogP contribution in [0.15, 0.2) is 65.8 Å². The quantitative estimate of drug-likeness (QED) is 0.150. The largest absolute Gasteiger partial charge is 0.493 e. The molecular formula is C25H22ClIN4O5. The Hall–Kier alpha value is -3.64. The number of nitrogens with zero attached hydrogens (tertiary/aromatic N) is 1. The Labute approximate surface area is 226 Å². The first kappa shape index (κ1) is 27.0. The van der Waals surface area contributed by atoms with Crippen LogP contribution in [0.5, 0.6) is 11.5 Å². The summed E-state index contributed by atoms with van der Waals surface area (Å²) in [4.78, 5) is 36.4. The van der Waals surface area contributed by atoms with Crippen molar-refractivity contribution in [2.75, 3.05) is 24.4 Å². The Kier molecular flexibility index (Phi) is 9.65. The average molecular weight is 621 g/mol. The lowest BCUT2D eigenvalue weighted by Gasteiger charge is -2.14. The van der Waals surface area contributed by atoms with Crippen molar-refractivity contribution in [1.82, 2.24) is 5.43 Å². The Morgan fingerprint density at radius 2 is 1.81 bits per heavy atom. The summed E-state index contributed by atoms with van der Waals surface area (Å²) in [7, 11) is 1.47. The molecule has 0 atom stereocenters. The van der Waals surface area contributed by atoms with Gasteiger partial charge in [-0.2, -0.15) is 5.10 Å². The molecule has 0 saturated carbocycles. The average Bonchev–Trinajstić information content (AvgIpc) is 2.84. The summed E-state index contributed by atoms with van der Waals surface area (Å²) < 4.78 is 11.8. The highest BCUT2D eigenvalue weighted by molar-refractivity contribution is 14.1. The fourth-order valence-electron chi connectivity index (χ4n) is 2.96. The number of rotatable bonds is 8. The smallest absolute Gasteiger partial charge is 0.329 e. The minimum Gasteiger partial charge on any atom is -0.493 e. The molecule has 0 unspecified atom stereocenters. The maximum Gasteiger partial charge on any atom is 0.329 e. The molecule has 0 heterocycles. The van der Waals surface area contributed by atoms with Crippen molar-refractivity contribution in [2.24, 2.45) is 5.10 Å². The number of carbonyl (C=O) groups excluding carboxylic acids is 3. The van der Waals surface area contributed by atoms with E-state index in [1.54, 1.807) is 30.3 Å². The lowest BCUT2D eigenvalue weighted by Crippen LogP contribution is -2.32. The lowest BCUT2D eigenvalue weighted by atomic mass is 10.2. The molecule has 3 N–H and O–H groups in total. The number of hydrogen-bond donors (Lipinski definition) is 3. The number of anilines is 2. The summed E-state index contributed by atoms with van der Waals surface area (Å²) in [5.41, 5.74) is 4.77. The van der Waals surface area contributed by atoms with Gasteiger partial charge in [0.05, 0.1) is 16.9 Å². The van der Waals surface area contributed by atoms with Crippen molar-refractivity contribution < 1.29 is 23.9 Å². The van der Waals surface area contributed by atoms with E-state index in [0.29, 0.717) is 37.0 Å². The molecule has 0 aliphatic carbocycles. The van der Waals surface area contributed by atoms with Crippen molar-refractivity contribution in [3.05, 3.63) is 80.4 Å². The summed E-state index contributed by atoms with van der Waals surface area (Å²) in [6.45, 7) is 1.68. The Morgan fingerprint density at radius 1 is 1.03 bits per heavy atom. The predicted octanol–water partition coefficient (Wildman–Crippen LogP) is 4.37. The SMILES string of the molecule is COc1cc(/C=N\NC(=O)C(=O)Nc2cccc(Cl)c2)cc(I)c1OCC(=O)Nc1ccccc1C.